The normalized spacial score (nSPS) is 10.7. The minimum absolute atomic E-state index is 0.235. The molecule has 4 nitrogen and oxygen atoms in total. The molecular formula is C12H7ClN4S. The van der Waals surface area contributed by atoms with Gasteiger partial charge in [0, 0.05) is 11.6 Å². The topological polar surface area (TPSA) is 51.6 Å². The van der Waals surface area contributed by atoms with Crippen LogP contribution in [0.1, 0.15) is 0 Å². The molecule has 0 aliphatic heterocycles. The molecule has 3 rings (SSSR count). The van der Waals surface area contributed by atoms with E-state index in [1.807, 2.05) is 24.3 Å². The van der Waals surface area contributed by atoms with Crippen molar-refractivity contribution in [1.82, 2.24) is 19.9 Å². The molecule has 88 valence electrons. The van der Waals surface area contributed by atoms with Gasteiger partial charge in [-0.15, -0.1) is 0 Å². The zero-order chi connectivity index (χ0) is 12.4. The average Bonchev–Trinajstić information content (AvgIpc) is 2.39. The Bertz CT molecular complexity index is 699. The van der Waals surface area contributed by atoms with Gasteiger partial charge in [-0.1, -0.05) is 18.2 Å². The molecule has 0 atom stereocenters. The Morgan fingerprint density at radius 2 is 1.89 bits per heavy atom. The summed E-state index contributed by atoms with van der Waals surface area (Å²) in [4.78, 5) is 16.5. The third-order valence-corrected chi connectivity index (χ3v) is 3.45. The van der Waals surface area contributed by atoms with Crippen LogP contribution in [0.4, 0.5) is 0 Å². The highest BCUT2D eigenvalue weighted by atomic mass is 35.5. The smallest absolute Gasteiger partial charge is 0.223 e. The van der Waals surface area contributed by atoms with Gasteiger partial charge in [-0.25, -0.2) is 19.9 Å². The average molecular weight is 275 g/mol. The number of hydrogen-bond acceptors (Lipinski definition) is 5. The molecule has 0 unspecified atom stereocenters. The van der Waals surface area contributed by atoms with Crippen molar-refractivity contribution in [3.05, 3.63) is 48.1 Å². The van der Waals surface area contributed by atoms with E-state index in [9.17, 15) is 0 Å². The second-order valence-electron chi connectivity index (χ2n) is 3.46. The molecule has 0 aliphatic rings. The lowest BCUT2D eigenvalue weighted by Crippen LogP contribution is -1.88. The third kappa shape index (κ3) is 2.27. The van der Waals surface area contributed by atoms with Crippen LogP contribution in [0.25, 0.3) is 10.9 Å². The van der Waals surface area contributed by atoms with Crippen LogP contribution in [-0.2, 0) is 0 Å². The summed E-state index contributed by atoms with van der Waals surface area (Å²) in [7, 11) is 0. The maximum Gasteiger partial charge on any atom is 0.223 e. The van der Waals surface area contributed by atoms with Crippen LogP contribution in [0.2, 0.25) is 5.28 Å². The Morgan fingerprint density at radius 3 is 2.78 bits per heavy atom. The molecule has 6 heteroatoms. The SMILES string of the molecule is Clc1nccc(Sc2ncnc3ccccc23)n1. The number of rotatable bonds is 2. The zero-order valence-corrected chi connectivity index (χ0v) is 10.7. The Kier molecular flexibility index (Phi) is 3.08. The van der Waals surface area contributed by atoms with E-state index in [1.54, 1.807) is 18.6 Å². The third-order valence-electron chi connectivity index (χ3n) is 2.31. The summed E-state index contributed by atoms with van der Waals surface area (Å²) in [6, 6.07) is 9.65. The number of benzene rings is 1. The molecule has 0 saturated carbocycles. The Balaban J connectivity index is 2.05. The van der Waals surface area contributed by atoms with Gasteiger partial charge in [-0.3, -0.25) is 0 Å². The van der Waals surface area contributed by atoms with Gasteiger partial charge in [0.25, 0.3) is 0 Å². The summed E-state index contributed by atoms with van der Waals surface area (Å²) in [5.74, 6) is 0. The van der Waals surface area contributed by atoms with Crippen LogP contribution in [0, 0.1) is 0 Å². The summed E-state index contributed by atoms with van der Waals surface area (Å²) in [6.07, 6.45) is 3.18. The fourth-order valence-electron chi connectivity index (χ4n) is 1.54. The highest BCUT2D eigenvalue weighted by molar-refractivity contribution is 7.99. The van der Waals surface area contributed by atoms with Crippen molar-refractivity contribution in [1.29, 1.82) is 0 Å². The molecule has 2 heterocycles. The number of nitrogens with zero attached hydrogens (tertiary/aromatic N) is 4. The second-order valence-corrected chi connectivity index (χ2v) is 4.81. The molecule has 0 spiro atoms. The quantitative estimate of drug-likeness (QED) is 0.530. The van der Waals surface area contributed by atoms with E-state index in [0.29, 0.717) is 0 Å². The minimum atomic E-state index is 0.235. The molecule has 0 radical (unpaired) electrons. The maximum atomic E-state index is 5.76. The predicted molar refractivity (Wildman–Crippen MR) is 70.7 cm³/mol. The highest BCUT2D eigenvalue weighted by Gasteiger charge is 2.06. The van der Waals surface area contributed by atoms with Gasteiger partial charge in [-0.05, 0) is 35.5 Å². The molecular weight excluding hydrogens is 268 g/mol. The van der Waals surface area contributed by atoms with Crippen LogP contribution in [0.3, 0.4) is 0 Å². The van der Waals surface area contributed by atoms with Gasteiger partial charge in [0.15, 0.2) is 0 Å². The van der Waals surface area contributed by atoms with Crippen molar-refractivity contribution >= 4 is 34.3 Å². The first-order chi connectivity index (χ1) is 8.83. The Labute approximate surface area is 112 Å². The Hall–Kier alpha value is -1.72. The molecule has 18 heavy (non-hydrogen) atoms. The fourth-order valence-corrected chi connectivity index (χ4v) is 2.58. The van der Waals surface area contributed by atoms with Crippen molar-refractivity contribution in [3.8, 4) is 0 Å². The van der Waals surface area contributed by atoms with E-state index in [2.05, 4.69) is 19.9 Å². The first kappa shape index (κ1) is 11.4. The number of para-hydroxylation sites is 1. The van der Waals surface area contributed by atoms with Crippen LogP contribution < -0.4 is 0 Å². The van der Waals surface area contributed by atoms with E-state index in [-0.39, 0.29) is 5.28 Å². The first-order valence-corrected chi connectivity index (χ1v) is 6.38. The van der Waals surface area contributed by atoms with E-state index in [4.69, 9.17) is 11.6 Å². The van der Waals surface area contributed by atoms with E-state index < -0.39 is 0 Å². The number of hydrogen-bond donors (Lipinski definition) is 0. The van der Waals surface area contributed by atoms with Crippen molar-refractivity contribution in [2.24, 2.45) is 0 Å². The van der Waals surface area contributed by atoms with Gasteiger partial charge < -0.3 is 0 Å². The fraction of sp³-hybridized carbons (Fsp3) is 0. The maximum absolute atomic E-state index is 5.76. The van der Waals surface area contributed by atoms with Crippen LogP contribution >= 0.6 is 23.4 Å². The molecule has 2 aromatic heterocycles. The molecule has 3 aromatic rings. The second kappa shape index (κ2) is 4.88. The first-order valence-electron chi connectivity index (χ1n) is 5.19. The molecule has 0 fully saturated rings. The van der Waals surface area contributed by atoms with Crippen LogP contribution in [0.15, 0.2) is 52.9 Å². The largest absolute Gasteiger partial charge is 0.236 e. The monoisotopic (exact) mass is 274 g/mol. The standard InChI is InChI=1S/C12H7ClN4S/c13-12-14-6-5-10(17-12)18-11-8-3-1-2-4-9(8)15-7-16-11/h1-7H. The molecule has 0 N–H and O–H groups in total. The molecule has 0 aliphatic carbocycles. The molecule has 0 bridgehead atoms. The predicted octanol–water partition coefficient (Wildman–Crippen LogP) is 3.22. The van der Waals surface area contributed by atoms with Gasteiger partial charge in [-0.2, -0.15) is 0 Å². The summed E-state index contributed by atoms with van der Waals surface area (Å²) in [5, 5.41) is 2.85. The van der Waals surface area contributed by atoms with Gasteiger partial charge in [0.05, 0.1) is 5.52 Å². The summed E-state index contributed by atoms with van der Waals surface area (Å²) < 4.78 is 0. The number of fused-ring (bicyclic) bond motifs is 1. The lowest BCUT2D eigenvalue weighted by molar-refractivity contribution is 1.04. The lowest BCUT2D eigenvalue weighted by atomic mass is 10.2. The van der Waals surface area contributed by atoms with E-state index in [1.165, 1.54) is 11.8 Å². The summed E-state index contributed by atoms with van der Waals surface area (Å²) in [5.41, 5.74) is 0.912. The Morgan fingerprint density at radius 1 is 1.00 bits per heavy atom. The zero-order valence-electron chi connectivity index (χ0n) is 9.12. The van der Waals surface area contributed by atoms with Gasteiger partial charge >= 0.3 is 0 Å². The van der Waals surface area contributed by atoms with Crippen molar-refractivity contribution < 1.29 is 0 Å². The summed E-state index contributed by atoms with van der Waals surface area (Å²) >= 11 is 7.21. The number of halogens is 1. The highest BCUT2D eigenvalue weighted by Crippen LogP contribution is 2.29. The van der Waals surface area contributed by atoms with Crippen molar-refractivity contribution in [2.45, 2.75) is 10.1 Å². The molecule has 1 aromatic carbocycles. The van der Waals surface area contributed by atoms with E-state index in [0.717, 1.165) is 21.0 Å². The van der Waals surface area contributed by atoms with E-state index >= 15 is 0 Å². The van der Waals surface area contributed by atoms with Crippen molar-refractivity contribution in [3.63, 3.8) is 0 Å². The lowest BCUT2D eigenvalue weighted by Gasteiger charge is -2.03. The summed E-state index contributed by atoms with van der Waals surface area (Å²) in [6.45, 7) is 0. The van der Waals surface area contributed by atoms with Gasteiger partial charge in [0.2, 0.25) is 5.28 Å². The van der Waals surface area contributed by atoms with Gasteiger partial charge in [0.1, 0.15) is 16.4 Å². The van der Waals surface area contributed by atoms with Crippen LogP contribution in [0.5, 0.6) is 0 Å². The van der Waals surface area contributed by atoms with Crippen LogP contribution in [-0.4, -0.2) is 19.9 Å². The van der Waals surface area contributed by atoms with Crippen molar-refractivity contribution in [2.75, 3.05) is 0 Å². The number of aromatic nitrogens is 4. The minimum Gasteiger partial charge on any atom is -0.236 e. The molecule has 0 amide bonds. The molecule has 0 saturated heterocycles.